The molecule has 3 rings (SSSR count). The van der Waals surface area contributed by atoms with E-state index in [0.29, 0.717) is 5.54 Å². The molecule has 2 heterocycles. The number of nitrogens with one attached hydrogen (secondary N) is 1. The van der Waals surface area contributed by atoms with E-state index in [-0.39, 0.29) is 0 Å². The Morgan fingerprint density at radius 1 is 1.00 bits per heavy atom. The van der Waals surface area contributed by atoms with Gasteiger partial charge in [0.15, 0.2) is 0 Å². The summed E-state index contributed by atoms with van der Waals surface area (Å²) in [4.78, 5) is 0. The van der Waals surface area contributed by atoms with Crippen molar-refractivity contribution in [2.45, 2.75) is 44.1 Å². The molecule has 1 saturated carbocycles. The van der Waals surface area contributed by atoms with Crippen LogP contribution in [0.5, 0.6) is 0 Å². The molecule has 0 aromatic rings. The summed E-state index contributed by atoms with van der Waals surface area (Å²) in [5.41, 5.74) is 0.545. The van der Waals surface area contributed by atoms with E-state index in [1.807, 2.05) is 0 Å². The van der Waals surface area contributed by atoms with Crippen molar-refractivity contribution in [3.05, 3.63) is 0 Å². The van der Waals surface area contributed by atoms with Gasteiger partial charge in [0.1, 0.15) is 0 Å². The highest BCUT2D eigenvalue weighted by molar-refractivity contribution is 5.07. The predicted molar refractivity (Wildman–Crippen MR) is 56.2 cm³/mol. The minimum atomic E-state index is 0.545. The van der Waals surface area contributed by atoms with Crippen LogP contribution in [0.15, 0.2) is 0 Å². The molecule has 0 amide bonds. The van der Waals surface area contributed by atoms with Crippen molar-refractivity contribution in [3.8, 4) is 0 Å². The first-order chi connectivity index (χ1) is 6.92. The fourth-order valence-electron chi connectivity index (χ4n) is 3.63. The molecule has 1 unspecified atom stereocenters. The standard InChI is InChI=1S/C12H21NO/c1-6-12(13-7-1,10-2-3-10)11-4-8-14-9-5-11/h10-11,13H,1-9H2. The second-order valence-corrected chi connectivity index (χ2v) is 5.23. The van der Waals surface area contributed by atoms with E-state index in [2.05, 4.69) is 5.32 Å². The molecule has 3 fully saturated rings. The molecule has 0 spiro atoms. The molecule has 1 atom stereocenters. The van der Waals surface area contributed by atoms with Gasteiger partial charge < -0.3 is 10.1 Å². The van der Waals surface area contributed by atoms with E-state index in [4.69, 9.17) is 4.74 Å². The molecule has 0 aromatic heterocycles. The van der Waals surface area contributed by atoms with Crippen molar-refractivity contribution in [2.24, 2.45) is 11.8 Å². The maximum atomic E-state index is 5.48. The lowest BCUT2D eigenvalue weighted by atomic mass is 9.74. The number of ether oxygens (including phenoxy) is 1. The second-order valence-electron chi connectivity index (χ2n) is 5.23. The van der Waals surface area contributed by atoms with Gasteiger partial charge in [-0.3, -0.25) is 0 Å². The van der Waals surface area contributed by atoms with E-state index >= 15 is 0 Å². The predicted octanol–water partition coefficient (Wildman–Crippen LogP) is 1.95. The Balaban J connectivity index is 1.76. The summed E-state index contributed by atoms with van der Waals surface area (Å²) >= 11 is 0. The Morgan fingerprint density at radius 3 is 2.29 bits per heavy atom. The van der Waals surface area contributed by atoms with Crippen LogP contribution >= 0.6 is 0 Å². The van der Waals surface area contributed by atoms with Crippen LogP contribution in [-0.4, -0.2) is 25.3 Å². The largest absolute Gasteiger partial charge is 0.381 e. The molecule has 80 valence electrons. The molecule has 14 heavy (non-hydrogen) atoms. The van der Waals surface area contributed by atoms with Crippen LogP contribution in [0.3, 0.4) is 0 Å². The molecule has 2 saturated heterocycles. The lowest BCUT2D eigenvalue weighted by Crippen LogP contribution is -2.50. The van der Waals surface area contributed by atoms with Gasteiger partial charge >= 0.3 is 0 Å². The Labute approximate surface area is 86.4 Å². The molecule has 2 nitrogen and oxygen atoms in total. The van der Waals surface area contributed by atoms with Crippen molar-refractivity contribution in [3.63, 3.8) is 0 Å². The van der Waals surface area contributed by atoms with E-state index in [9.17, 15) is 0 Å². The number of hydrogen-bond donors (Lipinski definition) is 1. The van der Waals surface area contributed by atoms with Gasteiger partial charge in [-0.2, -0.15) is 0 Å². The molecular weight excluding hydrogens is 174 g/mol. The van der Waals surface area contributed by atoms with Gasteiger partial charge in [0.2, 0.25) is 0 Å². The fourth-order valence-corrected chi connectivity index (χ4v) is 3.63. The van der Waals surface area contributed by atoms with E-state index < -0.39 is 0 Å². The van der Waals surface area contributed by atoms with Crippen LogP contribution in [0.4, 0.5) is 0 Å². The molecule has 2 aliphatic heterocycles. The van der Waals surface area contributed by atoms with Crippen molar-refractivity contribution >= 4 is 0 Å². The topological polar surface area (TPSA) is 21.3 Å². The monoisotopic (exact) mass is 195 g/mol. The van der Waals surface area contributed by atoms with Crippen molar-refractivity contribution < 1.29 is 4.74 Å². The summed E-state index contributed by atoms with van der Waals surface area (Å²) in [6.45, 7) is 3.26. The third-order valence-corrected chi connectivity index (χ3v) is 4.48. The summed E-state index contributed by atoms with van der Waals surface area (Å²) in [5, 5.41) is 3.85. The zero-order valence-corrected chi connectivity index (χ0v) is 8.93. The van der Waals surface area contributed by atoms with Gasteiger partial charge in [-0.1, -0.05) is 0 Å². The highest BCUT2D eigenvalue weighted by Crippen LogP contribution is 2.50. The first kappa shape index (κ1) is 9.17. The molecule has 1 aliphatic carbocycles. The average Bonchev–Trinajstić information content (AvgIpc) is 2.99. The highest BCUT2D eigenvalue weighted by atomic mass is 16.5. The van der Waals surface area contributed by atoms with Gasteiger partial charge in [-0.25, -0.2) is 0 Å². The zero-order valence-electron chi connectivity index (χ0n) is 8.93. The Bertz CT molecular complexity index is 200. The summed E-state index contributed by atoms with van der Waals surface area (Å²) in [6, 6.07) is 0. The molecule has 3 aliphatic rings. The van der Waals surface area contributed by atoms with Gasteiger partial charge in [-0.15, -0.1) is 0 Å². The lowest BCUT2D eigenvalue weighted by Gasteiger charge is -2.40. The van der Waals surface area contributed by atoms with Crippen LogP contribution in [0, 0.1) is 11.8 Å². The molecular formula is C12H21NO. The molecule has 0 bridgehead atoms. The van der Waals surface area contributed by atoms with E-state index in [1.165, 1.54) is 45.1 Å². The second kappa shape index (κ2) is 3.49. The lowest BCUT2D eigenvalue weighted by molar-refractivity contribution is 0.0264. The fraction of sp³-hybridized carbons (Fsp3) is 1.00. The summed E-state index contributed by atoms with van der Waals surface area (Å²) in [6.07, 6.45) is 8.37. The minimum Gasteiger partial charge on any atom is -0.381 e. The first-order valence-corrected chi connectivity index (χ1v) is 6.24. The Kier molecular flexibility index (Phi) is 2.29. The van der Waals surface area contributed by atoms with Crippen LogP contribution in [-0.2, 0) is 4.74 Å². The SMILES string of the molecule is C1CNC(C2CCOCC2)(C2CC2)C1. The van der Waals surface area contributed by atoms with Crippen LogP contribution in [0.1, 0.15) is 38.5 Å². The zero-order chi connectivity index (χ0) is 9.43. The van der Waals surface area contributed by atoms with Gasteiger partial charge in [0, 0.05) is 18.8 Å². The Morgan fingerprint density at radius 2 is 1.71 bits per heavy atom. The van der Waals surface area contributed by atoms with Crippen LogP contribution in [0.25, 0.3) is 0 Å². The maximum absolute atomic E-state index is 5.48. The van der Waals surface area contributed by atoms with E-state index in [0.717, 1.165) is 25.0 Å². The van der Waals surface area contributed by atoms with Gasteiger partial charge in [0.25, 0.3) is 0 Å². The maximum Gasteiger partial charge on any atom is 0.0469 e. The van der Waals surface area contributed by atoms with E-state index in [1.54, 1.807) is 0 Å². The third kappa shape index (κ3) is 1.40. The minimum absolute atomic E-state index is 0.545. The van der Waals surface area contributed by atoms with Crippen molar-refractivity contribution in [1.29, 1.82) is 0 Å². The summed E-state index contributed by atoms with van der Waals surface area (Å²) in [7, 11) is 0. The highest BCUT2D eigenvalue weighted by Gasteiger charge is 2.51. The number of rotatable bonds is 2. The van der Waals surface area contributed by atoms with Gasteiger partial charge in [-0.05, 0) is 56.9 Å². The van der Waals surface area contributed by atoms with Crippen molar-refractivity contribution in [1.82, 2.24) is 5.32 Å². The molecule has 0 aromatic carbocycles. The third-order valence-electron chi connectivity index (χ3n) is 4.48. The quantitative estimate of drug-likeness (QED) is 0.727. The summed E-state index contributed by atoms with van der Waals surface area (Å²) in [5.74, 6) is 1.92. The molecule has 2 heteroatoms. The summed E-state index contributed by atoms with van der Waals surface area (Å²) < 4.78 is 5.48. The molecule has 1 N–H and O–H groups in total. The van der Waals surface area contributed by atoms with Crippen molar-refractivity contribution in [2.75, 3.05) is 19.8 Å². The molecule has 0 radical (unpaired) electrons. The Hall–Kier alpha value is -0.0800. The van der Waals surface area contributed by atoms with Crippen LogP contribution in [0.2, 0.25) is 0 Å². The van der Waals surface area contributed by atoms with Gasteiger partial charge in [0.05, 0.1) is 0 Å². The smallest absolute Gasteiger partial charge is 0.0469 e. The van der Waals surface area contributed by atoms with Crippen LogP contribution < -0.4 is 5.32 Å². The average molecular weight is 195 g/mol. The normalized spacial score (nSPS) is 40.3. The first-order valence-electron chi connectivity index (χ1n) is 6.24. The number of hydrogen-bond acceptors (Lipinski definition) is 2.